The lowest BCUT2D eigenvalue weighted by molar-refractivity contribution is -0.133. The Labute approximate surface area is 131 Å². The van der Waals surface area contributed by atoms with Crippen molar-refractivity contribution in [1.29, 1.82) is 0 Å². The van der Waals surface area contributed by atoms with Crippen molar-refractivity contribution in [1.82, 2.24) is 10.2 Å². The summed E-state index contributed by atoms with van der Waals surface area (Å²) in [7, 11) is 0. The third-order valence-electron chi connectivity index (χ3n) is 4.13. The molecule has 0 saturated carbocycles. The third kappa shape index (κ3) is 4.84. The van der Waals surface area contributed by atoms with E-state index in [-0.39, 0.29) is 17.9 Å². The standard InChI is InChI=1S/C17H25N3O2/c1-13(21)19-11-14-6-5-9-20(12-14)17(22)10-16(18)15-7-3-2-4-8-15/h2-4,7-8,14,16H,5-6,9-12,18H2,1H3,(H,19,21). The number of likely N-dealkylation sites (tertiary alicyclic amines) is 1. The van der Waals surface area contributed by atoms with Crippen LogP contribution in [0.1, 0.15) is 37.8 Å². The smallest absolute Gasteiger partial charge is 0.224 e. The molecule has 1 aromatic rings. The second kappa shape index (κ2) is 7.94. The average Bonchev–Trinajstić information content (AvgIpc) is 2.54. The molecule has 1 aliphatic rings. The van der Waals surface area contributed by atoms with E-state index in [0.29, 0.717) is 25.4 Å². The van der Waals surface area contributed by atoms with Gasteiger partial charge in [-0.05, 0) is 24.3 Å². The van der Waals surface area contributed by atoms with Crippen LogP contribution in [-0.2, 0) is 9.59 Å². The van der Waals surface area contributed by atoms with E-state index in [4.69, 9.17) is 5.73 Å². The zero-order valence-electron chi connectivity index (χ0n) is 13.1. The van der Waals surface area contributed by atoms with Gasteiger partial charge in [0.15, 0.2) is 0 Å². The minimum absolute atomic E-state index is 0.0189. The van der Waals surface area contributed by atoms with Crippen molar-refractivity contribution in [3.63, 3.8) is 0 Å². The van der Waals surface area contributed by atoms with Crippen molar-refractivity contribution in [2.24, 2.45) is 11.7 Å². The van der Waals surface area contributed by atoms with Crippen molar-refractivity contribution in [2.45, 2.75) is 32.2 Å². The molecule has 1 fully saturated rings. The van der Waals surface area contributed by atoms with Crippen LogP contribution in [0.5, 0.6) is 0 Å². The van der Waals surface area contributed by atoms with Crippen LogP contribution in [0.4, 0.5) is 0 Å². The summed E-state index contributed by atoms with van der Waals surface area (Å²) in [5, 5.41) is 2.84. The van der Waals surface area contributed by atoms with Crippen molar-refractivity contribution in [2.75, 3.05) is 19.6 Å². The molecule has 2 rings (SSSR count). The fraction of sp³-hybridized carbons (Fsp3) is 0.529. The lowest BCUT2D eigenvalue weighted by atomic mass is 9.96. The van der Waals surface area contributed by atoms with Gasteiger partial charge in [-0.15, -0.1) is 0 Å². The van der Waals surface area contributed by atoms with Crippen molar-refractivity contribution in [3.8, 4) is 0 Å². The van der Waals surface area contributed by atoms with Crippen molar-refractivity contribution in [3.05, 3.63) is 35.9 Å². The van der Waals surface area contributed by atoms with Gasteiger partial charge in [-0.25, -0.2) is 0 Å². The molecule has 0 aromatic heterocycles. The van der Waals surface area contributed by atoms with Gasteiger partial charge in [0.1, 0.15) is 0 Å². The van der Waals surface area contributed by atoms with E-state index in [1.54, 1.807) is 0 Å². The van der Waals surface area contributed by atoms with E-state index < -0.39 is 0 Å². The molecule has 22 heavy (non-hydrogen) atoms. The molecule has 1 heterocycles. The van der Waals surface area contributed by atoms with Crippen LogP contribution in [0.3, 0.4) is 0 Å². The molecule has 1 aromatic carbocycles. The van der Waals surface area contributed by atoms with Crippen LogP contribution in [-0.4, -0.2) is 36.3 Å². The Balaban J connectivity index is 1.85. The number of benzene rings is 1. The predicted molar refractivity (Wildman–Crippen MR) is 86.0 cm³/mol. The number of nitrogens with one attached hydrogen (secondary N) is 1. The van der Waals surface area contributed by atoms with E-state index in [0.717, 1.165) is 24.9 Å². The highest BCUT2D eigenvalue weighted by molar-refractivity contribution is 5.77. The summed E-state index contributed by atoms with van der Waals surface area (Å²) < 4.78 is 0. The van der Waals surface area contributed by atoms with E-state index >= 15 is 0 Å². The quantitative estimate of drug-likeness (QED) is 0.864. The molecule has 2 amide bonds. The topological polar surface area (TPSA) is 75.4 Å². The van der Waals surface area contributed by atoms with Crippen LogP contribution in [0, 0.1) is 5.92 Å². The van der Waals surface area contributed by atoms with Gasteiger partial charge in [-0.2, -0.15) is 0 Å². The average molecular weight is 303 g/mol. The number of piperidine rings is 1. The second-order valence-corrected chi connectivity index (χ2v) is 6.01. The first kappa shape index (κ1) is 16.5. The van der Waals surface area contributed by atoms with Crippen LogP contribution in [0.25, 0.3) is 0 Å². The third-order valence-corrected chi connectivity index (χ3v) is 4.13. The van der Waals surface area contributed by atoms with Gasteiger partial charge < -0.3 is 16.0 Å². The van der Waals surface area contributed by atoms with E-state index in [1.807, 2.05) is 35.2 Å². The number of carbonyl (C=O) groups excluding carboxylic acids is 2. The molecule has 5 nitrogen and oxygen atoms in total. The van der Waals surface area contributed by atoms with Crippen LogP contribution in [0.15, 0.2) is 30.3 Å². The minimum atomic E-state index is -0.260. The first-order valence-electron chi connectivity index (χ1n) is 7.89. The predicted octanol–water partition coefficient (Wildman–Crippen LogP) is 1.45. The maximum atomic E-state index is 12.4. The zero-order chi connectivity index (χ0) is 15.9. The molecule has 1 aliphatic heterocycles. The van der Waals surface area contributed by atoms with Crippen molar-refractivity contribution >= 4 is 11.8 Å². The van der Waals surface area contributed by atoms with Crippen molar-refractivity contribution < 1.29 is 9.59 Å². The summed E-state index contributed by atoms with van der Waals surface area (Å²) in [6, 6.07) is 9.45. The Morgan fingerprint density at radius 1 is 1.36 bits per heavy atom. The number of hydrogen-bond acceptors (Lipinski definition) is 3. The van der Waals surface area contributed by atoms with Crippen LogP contribution in [0.2, 0.25) is 0 Å². The van der Waals surface area contributed by atoms with Gasteiger partial charge in [0.2, 0.25) is 11.8 Å². The maximum absolute atomic E-state index is 12.4. The summed E-state index contributed by atoms with van der Waals surface area (Å²) in [4.78, 5) is 25.3. The first-order chi connectivity index (χ1) is 10.6. The number of rotatable bonds is 5. The normalized spacial score (nSPS) is 19.5. The second-order valence-electron chi connectivity index (χ2n) is 6.01. The number of amides is 2. The highest BCUT2D eigenvalue weighted by Gasteiger charge is 2.25. The van der Waals surface area contributed by atoms with Gasteiger partial charge in [0.25, 0.3) is 0 Å². The summed E-state index contributed by atoms with van der Waals surface area (Å²) >= 11 is 0. The molecule has 0 bridgehead atoms. The lowest BCUT2D eigenvalue weighted by Crippen LogP contribution is -2.44. The van der Waals surface area contributed by atoms with Crippen LogP contribution < -0.4 is 11.1 Å². The Morgan fingerprint density at radius 2 is 2.09 bits per heavy atom. The summed E-state index contributed by atoms with van der Waals surface area (Å²) in [5.41, 5.74) is 7.12. The Morgan fingerprint density at radius 3 is 2.77 bits per heavy atom. The van der Waals surface area contributed by atoms with E-state index in [1.165, 1.54) is 6.92 Å². The highest BCUT2D eigenvalue weighted by atomic mass is 16.2. The molecular formula is C17H25N3O2. The first-order valence-corrected chi connectivity index (χ1v) is 7.89. The monoisotopic (exact) mass is 303 g/mol. The molecule has 3 N–H and O–H groups in total. The van der Waals surface area contributed by atoms with Gasteiger partial charge in [-0.3, -0.25) is 9.59 Å². The molecule has 1 saturated heterocycles. The number of nitrogens with two attached hydrogens (primary N) is 1. The summed E-state index contributed by atoms with van der Waals surface area (Å²) in [5.74, 6) is 0.424. The Kier molecular flexibility index (Phi) is 5.95. The number of nitrogens with zero attached hydrogens (tertiary/aromatic N) is 1. The molecule has 0 aliphatic carbocycles. The fourth-order valence-electron chi connectivity index (χ4n) is 2.88. The molecule has 5 heteroatoms. The van der Waals surface area contributed by atoms with E-state index in [9.17, 15) is 9.59 Å². The van der Waals surface area contributed by atoms with Crippen LogP contribution >= 0.6 is 0 Å². The van der Waals surface area contributed by atoms with Gasteiger partial charge in [0.05, 0.1) is 0 Å². The molecule has 2 atom stereocenters. The zero-order valence-corrected chi connectivity index (χ0v) is 13.1. The summed E-state index contributed by atoms with van der Waals surface area (Å²) in [6.45, 7) is 3.66. The SMILES string of the molecule is CC(=O)NCC1CCCN(C(=O)CC(N)c2ccccc2)C1. The minimum Gasteiger partial charge on any atom is -0.356 e. The molecule has 120 valence electrons. The molecule has 2 unspecified atom stereocenters. The lowest BCUT2D eigenvalue weighted by Gasteiger charge is -2.33. The molecule has 0 radical (unpaired) electrons. The number of carbonyl (C=O) groups is 2. The van der Waals surface area contributed by atoms with Gasteiger partial charge in [0, 0.05) is 39.0 Å². The van der Waals surface area contributed by atoms with E-state index in [2.05, 4.69) is 5.32 Å². The summed E-state index contributed by atoms with van der Waals surface area (Å²) in [6.07, 6.45) is 2.36. The highest BCUT2D eigenvalue weighted by Crippen LogP contribution is 2.20. The Hall–Kier alpha value is -1.88. The number of hydrogen-bond donors (Lipinski definition) is 2. The fourth-order valence-corrected chi connectivity index (χ4v) is 2.88. The largest absolute Gasteiger partial charge is 0.356 e. The molecular weight excluding hydrogens is 278 g/mol. The Bertz CT molecular complexity index is 504. The van der Waals surface area contributed by atoms with Gasteiger partial charge in [-0.1, -0.05) is 30.3 Å². The maximum Gasteiger partial charge on any atom is 0.224 e. The van der Waals surface area contributed by atoms with Gasteiger partial charge >= 0.3 is 0 Å². The molecule has 0 spiro atoms.